The summed E-state index contributed by atoms with van der Waals surface area (Å²) in [6.07, 6.45) is 0. The second-order valence-electron chi connectivity index (χ2n) is 4.77. The molecule has 0 spiro atoms. The van der Waals surface area contributed by atoms with Crippen molar-refractivity contribution in [1.29, 1.82) is 0 Å². The van der Waals surface area contributed by atoms with Crippen molar-refractivity contribution < 1.29 is 9.13 Å². The Morgan fingerprint density at radius 1 is 1.33 bits per heavy atom. The van der Waals surface area contributed by atoms with E-state index in [1.165, 1.54) is 12.1 Å². The molecule has 0 aromatic heterocycles. The van der Waals surface area contributed by atoms with E-state index in [0.717, 1.165) is 17.8 Å². The zero-order chi connectivity index (χ0) is 13.7. The molecule has 102 valence electrons. The fourth-order valence-electron chi connectivity index (χ4n) is 2.00. The van der Waals surface area contributed by atoms with Crippen molar-refractivity contribution in [2.45, 2.75) is 32.9 Å². The van der Waals surface area contributed by atoms with E-state index in [4.69, 9.17) is 10.5 Å². The van der Waals surface area contributed by atoms with Crippen LogP contribution in [0.25, 0.3) is 0 Å². The van der Waals surface area contributed by atoms with Gasteiger partial charge in [0.25, 0.3) is 0 Å². The molecular formula is C14H23FN2O. The van der Waals surface area contributed by atoms with Crippen molar-refractivity contribution in [2.75, 3.05) is 25.2 Å². The van der Waals surface area contributed by atoms with E-state index in [2.05, 4.69) is 18.7 Å². The van der Waals surface area contributed by atoms with E-state index < -0.39 is 0 Å². The highest BCUT2D eigenvalue weighted by molar-refractivity contribution is 5.55. The summed E-state index contributed by atoms with van der Waals surface area (Å²) in [4.78, 5) is 2.18. The van der Waals surface area contributed by atoms with E-state index in [-0.39, 0.29) is 11.9 Å². The number of methoxy groups -OCH3 is 1. The summed E-state index contributed by atoms with van der Waals surface area (Å²) in [7, 11) is 1.68. The van der Waals surface area contributed by atoms with Crippen molar-refractivity contribution in [3.8, 4) is 0 Å². The van der Waals surface area contributed by atoms with Crippen LogP contribution in [0.3, 0.4) is 0 Å². The minimum atomic E-state index is -0.249. The average molecular weight is 254 g/mol. The molecule has 1 rings (SSSR count). The molecule has 0 amide bonds. The molecule has 1 atom stereocenters. The monoisotopic (exact) mass is 254 g/mol. The number of ether oxygens (including phenoxy) is 1. The number of rotatable bonds is 6. The van der Waals surface area contributed by atoms with Crippen LogP contribution in [0.15, 0.2) is 18.2 Å². The second kappa shape index (κ2) is 6.71. The van der Waals surface area contributed by atoms with Gasteiger partial charge in [-0.25, -0.2) is 4.39 Å². The fourth-order valence-corrected chi connectivity index (χ4v) is 2.00. The number of nitrogens with zero attached hydrogens (tertiary/aromatic N) is 1. The molecule has 0 fully saturated rings. The first-order valence-electron chi connectivity index (χ1n) is 6.28. The van der Waals surface area contributed by atoms with Crippen LogP contribution in [-0.2, 0) is 4.74 Å². The van der Waals surface area contributed by atoms with Gasteiger partial charge in [-0.15, -0.1) is 0 Å². The second-order valence-corrected chi connectivity index (χ2v) is 4.77. The highest BCUT2D eigenvalue weighted by Crippen LogP contribution is 2.27. The van der Waals surface area contributed by atoms with Gasteiger partial charge in [-0.3, -0.25) is 0 Å². The molecule has 0 aliphatic carbocycles. The smallest absolute Gasteiger partial charge is 0.123 e. The first kappa shape index (κ1) is 14.9. The highest BCUT2D eigenvalue weighted by atomic mass is 19.1. The molecule has 0 saturated carbocycles. The number of anilines is 1. The van der Waals surface area contributed by atoms with Crippen molar-refractivity contribution in [1.82, 2.24) is 0 Å². The molecule has 4 heteroatoms. The van der Waals surface area contributed by atoms with Crippen molar-refractivity contribution in [2.24, 2.45) is 5.73 Å². The van der Waals surface area contributed by atoms with Crippen LogP contribution in [0.4, 0.5) is 10.1 Å². The third kappa shape index (κ3) is 3.68. The number of hydrogen-bond acceptors (Lipinski definition) is 3. The molecule has 0 heterocycles. The Bertz CT molecular complexity index is 380. The normalized spacial score (nSPS) is 12.8. The van der Waals surface area contributed by atoms with Gasteiger partial charge in [0.1, 0.15) is 5.82 Å². The zero-order valence-electron chi connectivity index (χ0n) is 11.6. The Morgan fingerprint density at radius 2 is 2.00 bits per heavy atom. The summed E-state index contributed by atoms with van der Waals surface area (Å²) < 4.78 is 18.4. The van der Waals surface area contributed by atoms with Crippen LogP contribution in [0, 0.1) is 5.82 Å². The summed E-state index contributed by atoms with van der Waals surface area (Å²) in [5, 5.41) is 0. The quantitative estimate of drug-likeness (QED) is 0.848. The van der Waals surface area contributed by atoms with E-state index in [1.54, 1.807) is 13.2 Å². The lowest BCUT2D eigenvalue weighted by atomic mass is 10.0. The predicted octanol–water partition coefficient (Wildman–Crippen LogP) is 2.71. The molecule has 1 aromatic carbocycles. The summed E-state index contributed by atoms with van der Waals surface area (Å²) in [6.45, 7) is 7.47. The predicted molar refractivity (Wildman–Crippen MR) is 73.4 cm³/mol. The van der Waals surface area contributed by atoms with Gasteiger partial charge in [0.05, 0.1) is 6.61 Å². The fraction of sp³-hybridized carbons (Fsp3) is 0.571. The Hall–Kier alpha value is -1.13. The van der Waals surface area contributed by atoms with Gasteiger partial charge < -0.3 is 15.4 Å². The van der Waals surface area contributed by atoms with Gasteiger partial charge in [0, 0.05) is 31.4 Å². The molecule has 0 bridgehead atoms. The van der Waals surface area contributed by atoms with Gasteiger partial charge in [-0.05, 0) is 44.5 Å². The van der Waals surface area contributed by atoms with E-state index in [1.807, 2.05) is 6.92 Å². The Labute approximate surface area is 109 Å². The molecule has 0 aliphatic rings. The molecule has 18 heavy (non-hydrogen) atoms. The van der Waals surface area contributed by atoms with Crippen molar-refractivity contribution >= 4 is 5.69 Å². The summed E-state index contributed by atoms with van der Waals surface area (Å²) in [5.41, 5.74) is 7.74. The SMILES string of the molecule is COCCN(c1ccc(F)cc1[C@H](C)N)C(C)C. The van der Waals surface area contributed by atoms with Crippen LogP contribution >= 0.6 is 0 Å². The van der Waals surface area contributed by atoms with Crippen molar-refractivity contribution in [3.05, 3.63) is 29.6 Å². The lowest BCUT2D eigenvalue weighted by Gasteiger charge is -2.31. The molecule has 0 saturated heterocycles. The number of nitrogens with two attached hydrogens (primary N) is 1. The van der Waals surface area contributed by atoms with E-state index in [0.29, 0.717) is 12.6 Å². The highest BCUT2D eigenvalue weighted by Gasteiger charge is 2.16. The maximum absolute atomic E-state index is 13.3. The third-order valence-corrected chi connectivity index (χ3v) is 2.95. The first-order chi connectivity index (χ1) is 8.47. The van der Waals surface area contributed by atoms with Gasteiger partial charge in [0.2, 0.25) is 0 Å². The molecule has 0 aliphatic heterocycles. The summed E-state index contributed by atoms with van der Waals surface area (Å²) in [6, 6.07) is 4.90. The topological polar surface area (TPSA) is 38.5 Å². The molecule has 1 aromatic rings. The number of halogens is 1. The van der Waals surface area contributed by atoms with Crippen LogP contribution in [0.5, 0.6) is 0 Å². The number of hydrogen-bond donors (Lipinski definition) is 1. The zero-order valence-corrected chi connectivity index (χ0v) is 11.6. The Morgan fingerprint density at radius 3 is 2.50 bits per heavy atom. The first-order valence-corrected chi connectivity index (χ1v) is 6.28. The van der Waals surface area contributed by atoms with Crippen molar-refractivity contribution in [3.63, 3.8) is 0 Å². The van der Waals surface area contributed by atoms with Crippen LogP contribution in [0.2, 0.25) is 0 Å². The van der Waals surface area contributed by atoms with Gasteiger partial charge in [0.15, 0.2) is 0 Å². The Kier molecular flexibility index (Phi) is 5.56. The Balaban J connectivity index is 3.10. The van der Waals surface area contributed by atoms with Crippen LogP contribution < -0.4 is 10.6 Å². The maximum atomic E-state index is 13.3. The third-order valence-electron chi connectivity index (χ3n) is 2.95. The lowest BCUT2D eigenvalue weighted by molar-refractivity contribution is 0.203. The molecule has 2 N–H and O–H groups in total. The summed E-state index contributed by atoms with van der Waals surface area (Å²) >= 11 is 0. The maximum Gasteiger partial charge on any atom is 0.123 e. The lowest BCUT2D eigenvalue weighted by Crippen LogP contribution is -2.35. The average Bonchev–Trinajstić information content (AvgIpc) is 2.30. The standard InChI is InChI=1S/C14H23FN2O/c1-10(2)17(7-8-18-4)14-6-5-12(15)9-13(14)11(3)16/h5-6,9-11H,7-8,16H2,1-4H3/t11-/m0/s1. The van der Waals surface area contributed by atoms with Crippen LogP contribution in [0.1, 0.15) is 32.4 Å². The molecule has 0 unspecified atom stereocenters. The molecule has 3 nitrogen and oxygen atoms in total. The van der Waals surface area contributed by atoms with Gasteiger partial charge >= 0.3 is 0 Å². The van der Waals surface area contributed by atoms with Gasteiger partial charge in [-0.2, -0.15) is 0 Å². The number of benzene rings is 1. The van der Waals surface area contributed by atoms with E-state index in [9.17, 15) is 4.39 Å². The van der Waals surface area contributed by atoms with E-state index >= 15 is 0 Å². The van der Waals surface area contributed by atoms with Gasteiger partial charge in [-0.1, -0.05) is 0 Å². The minimum absolute atomic E-state index is 0.195. The minimum Gasteiger partial charge on any atom is -0.383 e. The largest absolute Gasteiger partial charge is 0.383 e. The molecule has 0 radical (unpaired) electrons. The molecular weight excluding hydrogens is 231 g/mol. The summed E-state index contributed by atoms with van der Waals surface area (Å²) in [5.74, 6) is -0.249. The van der Waals surface area contributed by atoms with Crippen LogP contribution in [-0.4, -0.2) is 26.3 Å².